The van der Waals surface area contributed by atoms with Crippen LogP contribution in [-0.2, 0) is 0 Å². The van der Waals surface area contributed by atoms with Crippen LogP contribution in [0.25, 0.3) is 81.4 Å². The van der Waals surface area contributed by atoms with Crippen molar-refractivity contribution in [2.75, 3.05) is 0 Å². The molecule has 44 heavy (non-hydrogen) atoms. The minimum absolute atomic E-state index is 0.874. The summed E-state index contributed by atoms with van der Waals surface area (Å²) in [5.74, 6) is 0. The summed E-state index contributed by atoms with van der Waals surface area (Å²) < 4.78 is 4.90. The van der Waals surface area contributed by atoms with E-state index in [0.717, 1.165) is 61.3 Å². The average Bonchev–Trinajstić information content (AvgIpc) is 3.62. The summed E-state index contributed by atoms with van der Waals surface area (Å²) in [5.41, 5.74) is 10.2. The highest BCUT2D eigenvalue weighted by atomic mass is 32.1. The van der Waals surface area contributed by atoms with E-state index in [1.165, 1.54) is 20.2 Å². The van der Waals surface area contributed by atoms with Crippen LogP contribution in [0.15, 0.2) is 140 Å². The lowest BCUT2D eigenvalue weighted by molar-refractivity contribution is 1.18. The van der Waals surface area contributed by atoms with Crippen molar-refractivity contribution in [1.82, 2.24) is 24.5 Å². The van der Waals surface area contributed by atoms with E-state index in [4.69, 9.17) is 9.97 Å². The first-order valence-electron chi connectivity index (χ1n) is 14.4. The first-order chi connectivity index (χ1) is 21.8. The molecule has 6 heteroatoms. The quantitative estimate of drug-likeness (QED) is 0.208. The summed E-state index contributed by atoms with van der Waals surface area (Å²) in [4.78, 5) is 18.6. The zero-order chi connectivity index (χ0) is 29.0. The summed E-state index contributed by atoms with van der Waals surface area (Å²) in [5, 5.41) is 3.73. The van der Waals surface area contributed by atoms with Crippen molar-refractivity contribution >= 4 is 53.4 Å². The van der Waals surface area contributed by atoms with Crippen LogP contribution >= 0.6 is 11.3 Å². The topological polar surface area (TPSA) is 56.5 Å². The zero-order valence-electron chi connectivity index (χ0n) is 23.4. The van der Waals surface area contributed by atoms with Crippen molar-refractivity contribution in [2.45, 2.75) is 0 Å². The maximum absolute atomic E-state index is 5.07. The van der Waals surface area contributed by atoms with Crippen molar-refractivity contribution in [1.29, 1.82) is 0 Å². The SMILES string of the molecule is c1cncc(-c2cc(-c3ccc(-n4c5cc6sc7ccccc7c6cc5c5ncccc54)cc3)nc(-c3cccnc3)c2)c1. The van der Waals surface area contributed by atoms with Gasteiger partial charge in [-0.25, -0.2) is 4.98 Å². The predicted molar refractivity (Wildman–Crippen MR) is 181 cm³/mol. The molecule has 0 unspecified atom stereocenters. The van der Waals surface area contributed by atoms with Gasteiger partial charge < -0.3 is 4.57 Å². The van der Waals surface area contributed by atoms with Crippen LogP contribution in [0.2, 0.25) is 0 Å². The number of rotatable bonds is 4. The first kappa shape index (κ1) is 24.8. The molecule has 0 N–H and O–H groups in total. The summed E-state index contributed by atoms with van der Waals surface area (Å²) >= 11 is 1.84. The lowest BCUT2D eigenvalue weighted by Gasteiger charge is -2.12. The molecule has 0 saturated carbocycles. The zero-order valence-corrected chi connectivity index (χ0v) is 24.2. The van der Waals surface area contributed by atoms with Gasteiger partial charge in [0.1, 0.15) is 0 Å². The van der Waals surface area contributed by atoms with Gasteiger partial charge in [0.05, 0.1) is 27.9 Å². The van der Waals surface area contributed by atoms with Crippen LogP contribution < -0.4 is 0 Å². The van der Waals surface area contributed by atoms with Crippen molar-refractivity contribution in [3.8, 4) is 39.3 Å². The molecule has 0 saturated heterocycles. The number of thiophene rings is 1. The molecule has 0 fully saturated rings. The predicted octanol–water partition coefficient (Wildman–Crippen LogP) is 9.73. The van der Waals surface area contributed by atoms with E-state index in [9.17, 15) is 0 Å². The van der Waals surface area contributed by atoms with Gasteiger partial charge in [-0.2, -0.15) is 0 Å². The van der Waals surface area contributed by atoms with E-state index in [-0.39, 0.29) is 0 Å². The standard InChI is InChI=1S/C38H23N5S/c1-2-10-36-29(8-1)30-20-31-35(21-37(30)44-36)43(34-9-5-17-41-38(31)34)28-13-11-24(12-14-28)32-18-27(25-6-3-15-39-22-25)19-33(42-32)26-7-4-16-40-23-26/h1-23H. The lowest BCUT2D eigenvalue weighted by atomic mass is 10.0. The molecule has 0 bridgehead atoms. The van der Waals surface area contributed by atoms with Gasteiger partial charge in [0.15, 0.2) is 0 Å². The molecule has 0 atom stereocenters. The maximum atomic E-state index is 5.07. The number of fused-ring (bicyclic) bond motifs is 6. The van der Waals surface area contributed by atoms with E-state index < -0.39 is 0 Å². The Morgan fingerprint density at radius 2 is 1.25 bits per heavy atom. The minimum Gasteiger partial charge on any atom is -0.308 e. The van der Waals surface area contributed by atoms with Crippen LogP contribution in [0.4, 0.5) is 0 Å². The Hall–Kier alpha value is -5.72. The highest BCUT2D eigenvalue weighted by molar-refractivity contribution is 7.25. The molecule has 0 radical (unpaired) electrons. The third-order valence-corrected chi connectivity index (χ3v) is 9.35. The number of nitrogens with zero attached hydrogens (tertiary/aromatic N) is 5. The van der Waals surface area contributed by atoms with Gasteiger partial charge in [0.2, 0.25) is 0 Å². The second-order valence-corrected chi connectivity index (χ2v) is 11.9. The molecular weight excluding hydrogens is 559 g/mol. The Balaban J connectivity index is 1.21. The van der Waals surface area contributed by atoms with Gasteiger partial charge in [-0.1, -0.05) is 36.4 Å². The molecule has 0 aliphatic carbocycles. The van der Waals surface area contributed by atoms with Gasteiger partial charge in [-0.05, 0) is 78.4 Å². The Labute approximate surface area is 256 Å². The van der Waals surface area contributed by atoms with E-state index in [1.54, 1.807) is 12.4 Å². The van der Waals surface area contributed by atoms with E-state index in [1.807, 2.05) is 54.2 Å². The number of aromatic nitrogens is 5. The Bertz CT molecular complexity index is 2420. The fourth-order valence-corrected chi connectivity index (χ4v) is 7.27. The Kier molecular flexibility index (Phi) is 5.61. The third kappa shape index (κ3) is 4.00. The van der Waals surface area contributed by atoms with Gasteiger partial charge in [-0.15, -0.1) is 11.3 Å². The Morgan fingerprint density at radius 3 is 2.05 bits per heavy atom. The molecular formula is C38H23N5S. The van der Waals surface area contributed by atoms with E-state index in [0.29, 0.717) is 0 Å². The van der Waals surface area contributed by atoms with Crippen molar-refractivity contribution in [3.05, 3.63) is 140 Å². The van der Waals surface area contributed by atoms with Gasteiger partial charge >= 0.3 is 0 Å². The highest BCUT2D eigenvalue weighted by Crippen LogP contribution is 2.40. The molecule has 0 spiro atoms. The molecule has 6 aromatic heterocycles. The van der Waals surface area contributed by atoms with Crippen LogP contribution in [0.1, 0.15) is 0 Å². The molecule has 0 aliphatic rings. The normalized spacial score (nSPS) is 11.6. The monoisotopic (exact) mass is 581 g/mol. The molecule has 5 nitrogen and oxygen atoms in total. The second kappa shape index (κ2) is 9.93. The van der Waals surface area contributed by atoms with Gasteiger partial charge in [0, 0.05) is 78.9 Å². The van der Waals surface area contributed by atoms with E-state index >= 15 is 0 Å². The van der Waals surface area contributed by atoms with Crippen LogP contribution in [0.5, 0.6) is 0 Å². The number of pyridine rings is 4. The molecule has 6 heterocycles. The Morgan fingerprint density at radius 1 is 0.500 bits per heavy atom. The van der Waals surface area contributed by atoms with Gasteiger partial charge in [-0.3, -0.25) is 15.0 Å². The first-order valence-corrected chi connectivity index (χ1v) is 15.3. The third-order valence-electron chi connectivity index (χ3n) is 8.22. The molecule has 9 rings (SSSR count). The summed E-state index contributed by atoms with van der Waals surface area (Å²) in [6.45, 7) is 0. The van der Waals surface area contributed by atoms with Crippen LogP contribution in [0, 0.1) is 0 Å². The number of benzene rings is 3. The molecule has 0 amide bonds. The van der Waals surface area contributed by atoms with Crippen molar-refractivity contribution < 1.29 is 0 Å². The molecule has 0 aliphatic heterocycles. The fraction of sp³-hybridized carbons (Fsp3) is 0. The summed E-state index contributed by atoms with van der Waals surface area (Å²) in [7, 11) is 0. The van der Waals surface area contributed by atoms with Gasteiger partial charge in [0.25, 0.3) is 0 Å². The number of hydrogen-bond donors (Lipinski definition) is 0. The summed E-state index contributed by atoms with van der Waals surface area (Å²) in [6, 6.07) is 38.4. The second-order valence-electron chi connectivity index (χ2n) is 10.8. The van der Waals surface area contributed by atoms with Crippen LogP contribution in [-0.4, -0.2) is 24.5 Å². The van der Waals surface area contributed by atoms with Crippen molar-refractivity contribution in [3.63, 3.8) is 0 Å². The summed E-state index contributed by atoms with van der Waals surface area (Å²) in [6.07, 6.45) is 9.20. The average molecular weight is 582 g/mol. The van der Waals surface area contributed by atoms with E-state index in [2.05, 4.69) is 99.5 Å². The molecule has 3 aromatic carbocycles. The van der Waals surface area contributed by atoms with Crippen molar-refractivity contribution in [2.24, 2.45) is 0 Å². The fourth-order valence-electron chi connectivity index (χ4n) is 6.15. The number of hydrogen-bond acceptors (Lipinski definition) is 5. The maximum Gasteiger partial charge on any atom is 0.0963 e. The minimum atomic E-state index is 0.874. The smallest absolute Gasteiger partial charge is 0.0963 e. The molecule has 9 aromatic rings. The highest BCUT2D eigenvalue weighted by Gasteiger charge is 2.17. The molecule has 206 valence electrons. The lowest BCUT2D eigenvalue weighted by Crippen LogP contribution is -1.95. The van der Waals surface area contributed by atoms with Crippen LogP contribution in [0.3, 0.4) is 0 Å². The largest absolute Gasteiger partial charge is 0.308 e.